The number of hydrogen-bond donors (Lipinski definition) is 4. The number of rotatable bonds is 14. The summed E-state index contributed by atoms with van der Waals surface area (Å²) in [4.78, 5) is 83.1. The quantitative estimate of drug-likeness (QED) is 0.142. The molecule has 4 amide bonds. The molecule has 72 heavy (non-hydrogen) atoms. The van der Waals surface area contributed by atoms with Gasteiger partial charge in [0.1, 0.15) is 13.2 Å². The van der Waals surface area contributed by atoms with E-state index >= 15 is 0 Å². The molecule has 0 unspecified atom stereocenters. The zero-order valence-electron chi connectivity index (χ0n) is 40.4. The van der Waals surface area contributed by atoms with Crippen LogP contribution in [0.4, 0.5) is 0 Å². The highest BCUT2D eigenvalue weighted by molar-refractivity contribution is 5.86. The predicted octanol–water partition coefficient (Wildman–Crippen LogP) is 2.13. The number of methoxy groups -OCH3 is 2. The lowest BCUT2D eigenvalue weighted by molar-refractivity contribution is -0.141. The minimum atomic E-state index is -0.740. The number of allylic oxidation sites excluding steroid dienone is 2. The summed E-state index contributed by atoms with van der Waals surface area (Å²) in [5, 5.41) is 26.7. The summed E-state index contributed by atoms with van der Waals surface area (Å²) in [7, 11) is 2.87. The molecule has 20 heteroatoms. The maximum absolute atomic E-state index is 13.6. The first-order chi connectivity index (χ1) is 35.0. The van der Waals surface area contributed by atoms with Crippen molar-refractivity contribution in [3.8, 4) is 23.0 Å². The fourth-order valence-electron chi connectivity index (χ4n) is 11.3. The Morgan fingerprint density at radius 2 is 1.01 bits per heavy atom. The average molecular weight is 991 g/mol. The highest BCUT2D eigenvalue weighted by Crippen LogP contribution is 2.50. The third-order valence-corrected chi connectivity index (χ3v) is 14.4. The number of carbonyl (C=O) groups is 4. The molecule has 0 radical (unpaired) electrons. The van der Waals surface area contributed by atoms with Crippen molar-refractivity contribution < 1.29 is 57.8 Å². The van der Waals surface area contributed by atoms with Crippen LogP contribution in [0, 0.1) is 23.7 Å². The van der Waals surface area contributed by atoms with Crippen LogP contribution < -0.4 is 40.7 Å². The molecule has 6 aliphatic rings. The van der Waals surface area contributed by atoms with Crippen molar-refractivity contribution in [1.29, 1.82) is 0 Å². The van der Waals surface area contributed by atoms with E-state index in [1.54, 1.807) is 79.6 Å². The van der Waals surface area contributed by atoms with Crippen LogP contribution in [0.5, 0.6) is 23.0 Å². The minimum absolute atomic E-state index is 0.155. The number of aliphatic hydroxyl groups excluding tert-OH is 2. The van der Waals surface area contributed by atoms with Crippen molar-refractivity contribution in [3.63, 3.8) is 0 Å². The van der Waals surface area contributed by atoms with Gasteiger partial charge in [0.25, 0.3) is 11.1 Å². The standard InChI is InChI=1S/2C26H29N3O7/c2*1-3-4-16-6-7-18-24-23(25(32)27-10-15-5-8-20-21(9-15)36-14-35-20)17(12-30)19(11-28(18)26(16)33)29(24)22(31)13-34-2/h2*3-9,17,19,23-24,30H,10-14H2,1-2H3,(H,27,32)/b4-3+;4-3-/t2*17-,19-,23+,24+/m11/s1. The molecule has 4 bridgehead atoms. The molecule has 10 rings (SSSR count). The highest BCUT2D eigenvalue weighted by atomic mass is 16.7. The fourth-order valence-corrected chi connectivity index (χ4v) is 11.3. The van der Waals surface area contributed by atoms with E-state index in [0.29, 0.717) is 45.5 Å². The molecule has 2 saturated heterocycles. The van der Waals surface area contributed by atoms with Crippen LogP contribution >= 0.6 is 0 Å². The molecule has 4 N–H and O–H groups in total. The Labute approximate surface area is 414 Å². The van der Waals surface area contributed by atoms with Gasteiger partial charge in [0.2, 0.25) is 37.2 Å². The van der Waals surface area contributed by atoms with Gasteiger partial charge in [-0.2, -0.15) is 0 Å². The van der Waals surface area contributed by atoms with Crippen LogP contribution in [0.2, 0.25) is 0 Å². The predicted molar refractivity (Wildman–Crippen MR) is 258 cm³/mol. The van der Waals surface area contributed by atoms with E-state index in [2.05, 4.69) is 10.6 Å². The molecule has 4 aromatic rings. The zero-order chi connectivity index (χ0) is 50.8. The monoisotopic (exact) mass is 990 g/mol. The van der Waals surface area contributed by atoms with Gasteiger partial charge in [0.15, 0.2) is 23.0 Å². The number of nitrogens with one attached hydrogen (secondary N) is 2. The number of benzene rings is 2. The maximum Gasteiger partial charge on any atom is 0.258 e. The van der Waals surface area contributed by atoms with Gasteiger partial charge in [-0.3, -0.25) is 28.8 Å². The van der Waals surface area contributed by atoms with E-state index in [1.807, 2.05) is 38.1 Å². The molecule has 8 heterocycles. The number of pyridine rings is 2. The Bertz CT molecular complexity index is 2740. The minimum Gasteiger partial charge on any atom is -0.454 e. The Morgan fingerprint density at radius 1 is 0.611 bits per heavy atom. The van der Waals surface area contributed by atoms with E-state index in [-0.39, 0.29) is 101 Å². The summed E-state index contributed by atoms with van der Waals surface area (Å²) in [6, 6.07) is 15.5. The largest absolute Gasteiger partial charge is 0.454 e. The third-order valence-electron chi connectivity index (χ3n) is 14.4. The van der Waals surface area contributed by atoms with Gasteiger partial charge in [-0.15, -0.1) is 0 Å². The molecular weight excluding hydrogens is 933 g/mol. The average Bonchev–Trinajstić information content (AvgIpc) is 4.16. The Hall–Kier alpha value is -7.26. The number of ether oxygens (including phenoxy) is 6. The van der Waals surface area contributed by atoms with Gasteiger partial charge in [-0.25, -0.2) is 0 Å². The van der Waals surface area contributed by atoms with Crippen LogP contribution in [-0.2, 0) is 54.8 Å². The Morgan fingerprint density at radius 3 is 1.39 bits per heavy atom. The molecule has 20 nitrogen and oxygen atoms in total. The summed E-state index contributed by atoms with van der Waals surface area (Å²) in [5.41, 5.74) is 3.50. The number of hydrogen-bond acceptors (Lipinski definition) is 14. The lowest BCUT2D eigenvalue weighted by Crippen LogP contribution is -2.50. The summed E-state index contributed by atoms with van der Waals surface area (Å²) < 4.78 is 35.0. The summed E-state index contributed by atoms with van der Waals surface area (Å²) >= 11 is 0. The summed E-state index contributed by atoms with van der Waals surface area (Å²) in [6.07, 6.45) is 7.05. The fraction of sp³-hybridized carbons (Fsp3) is 0.423. The second-order valence-electron chi connectivity index (χ2n) is 18.3. The van der Waals surface area contributed by atoms with Gasteiger partial charge in [0.05, 0.1) is 36.0 Å². The number of carbonyl (C=O) groups excluding carboxylic acids is 4. The van der Waals surface area contributed by atoms with E-state index in [1.165, 1.54) is 14.2 Å². The maximum atomic E-state index is 13.6. The number of aromatic nitrogens is 2. The lowest BCUT2D eigenvalue weighted by Gasteiger charge is -2.38. The van der Waals surface area contributed by atoms with Gasteiger partial charge < -0.3 is 68.2 Å². The second-order valence-corrected chi connectivity index (χ2v) is 18.3. The third kappa shape index (κ3) is 9.03. The van der Waals surface area contributed by atoms with Crippen molar-refractivity contribution in [2.45, 2.75) is 64.2 Å². The number of amides is 4. The molecule has 2 fully saturated rings. The highest BCUT2D eigenvalue weighted by Gasteiger charge is 2.59. The van der Waals surface area contributed by atoms with Crippen molar-refractivity contribution >= 4 is 35.8 Å². The molecule has 8 atom stereocenters. The van der Waals surface area contributed by atoms with Crippen molar-refractivity contribution in [2.24, 2.45) is 23.7 Å². The van der Waals surface area contributed by atoms with E-state index in [9.17, 15) is 39.0 Å². The SMILES string of the molecule is C/C=C/c1ccc2n(c1=O)C[C@@H]1[C@@H](CO)[C@H](C(=O)NCc3ccc4c(c3)OCO4)[C@H]2N1C(=O)COC.C/C=C\c1ccc2n(c1=O)C[C@@H]1[C@@H](CO)[C@H](C(=O)NCc3ccc4c(c3)OCO4)[C@H]2N1C(=O)COC. The molecule has 0 aliphatic carbocycles. The van der Waals surface area contributed by atoms with Crippen LogP contribution in [0.1, 0.15) is 59.6 Å². The molecule has 2 aromatic carbocycles. The van der Waals surface area contributed by atoms with Crippen molar-refractivity contribution in [3.05, 3.63) is 127 Å². The van der Waals surface area contributed by atoms with E-state index in [4.69, 9.17) is 28.4 Å². The Kier molecular flexibility index (Phi) is 14.7. The van der Waals surface area contributed by atoms with Gasteiger partial charge in [-0.05, 0) is 73.5 Å². The molecule has 2 aromatic heterocycles. The normalized spacial score (nSPS) is 23.7. The van der Waals surface area contributed by atoms with Crippen LogP contribution in [0.3, 0.4) is 0 Å². The van der Waals surface area contributed by atoms with Gasteiger partial charge in [0, 0.05) is 88.0 Å². The first-order valence-electron chi connectivity index (χ1n) is 23.8. The molecule has 0 saturated carbocycles. The van der Waals surface area contributed by atoms with Crippen molar-refractivity contribution in [2.75, 3.05) is 54.2 Å². The summed E-state index contributed by atoms with van der Waals surface area (Å²) in [5.74, 6) is -1.19. The van der Waals surface area contributed by atoms with E-state index in [0.717, 1.165) is 11.1 Å². The van der Waals surface area contributed by atoms with Gasteiger partial charge in [-0.1, -0.05) is 36.4 Å². The van der Waals surface area contributed by atoms with Crippen LogP contribution in [0.15, 0.2) is 82.4 Å². The first kappa shape index (κ1) is 49.7. The molecule has 0 spiro atoms. The van der Waals surface area contributed by atoms with E-state index < -0.39 is 47.8 Å². The lowest BCUT2D eigenvalue weighted by atomic mass is 9.86. The number of aliphatic hydroxyl groups is 2. The zero-order valence-corrected chi connectivity index (χ0v) is 40.4. The number of fused-ring (bicyclic) bond motifs is 10. The summed E-state index contributed by atoms with van der Waals surface area (Å²) in [6.45, 7) is 3.95. The van der Waals surface area contributed by atoms with Crippen LogP contribution in [-0.4, -0.2) is 119 Å². The Balaban J connectivity index is 0.000000178. The van der Waals surface area contributed by atoms with Crippen molar-refractivity contribution in [1.82, 2.24) is 29.6 Å². The topological polar surface area (TPSA) is 239 Å². The molecule has 380 valence electrons. The number of nitrogens with zero attached hydrogens (tertiary/aromatic N) is 4. The van der Waals surface area contributed by atoms with Gasteiger partial charge >= 0.3 is 0 Å². The molecular formula is C52H58N6O14. The molecule has 6 aliphatic heterocycles. The first-order valence-corrected chi connectivity index (χ1v) is 23.8. The second kappa shape index (κ2) is 21.2. The van der Waals surface area contributed by atoms with Crippen LogP contribution in [0.25, 0.3) is 12.2 Å². The smallest absolute Gasteiger partial charge is 0.258 e.